The van der Waals surface area contributed by atoms with Crippen molar-refractivity contribution >= 4 is 38.9 Å². The van der Waals surface area contributed by atoms with Crippen LogP contribution in [0.3, 0.4) is 0 Å². The van der Waals surface area contributed by atoms with Gasteiger partial charge in [0.05, 0.1) is 23.5 Å². The molecule has 0 bridgehead atoms. The third kappa shape index (κ3) is 7.94. The zero-order chi connectivity index (χ0) is 27.5. The molecule has 0 atom stereocenters. The van der Waals surface area contributed by atoms with Crippen molar-refractivity contribution in [2.24, 2.45) is 4.40 Å². The number of rotatable bonds is 14. The Morgan fingerprint density at radius 3 is 2.45 bits per heavy atom. The minimum Gasteiger partial charge on any atom is -0.493 e. The molecule has 0 N–H and O–H groups in total. The van der Waals surface area contributed by atoms with Gasteiger partial charge in [-0.1, -0.05) is 51.2 Å². The van der Waals surface area contributed by atoms with Crippen LogP contribution in [-0.2, 0) is 14.8 Å². The summed E-state index contributed by atoms with van der Waals surface area (Å²) in [5, 5.41) is -0.00136. The molecule has 0 radical (unpaired) electrons. The number of hydrogen-bond donors (Lipinski definition) is 0. The first kappa shape index (κ1) is 29.4. The number of carbonyl (C=O) groups is 1. The number of thioether (sulfide) groups is 1. The number of unbranched alkanes of at least 4 members (excludes halogenated alkanes) is 5. The van der Waals surface area contributed by atoms with Gasteiger partial charge in [0.25, 0.3) is 15.9 Å². The molecule has 1 amide bonds. The Balaban J connectivity index is 1.80. The van der Waals surface area contributed by atoms with E-state index in [-0.39, 0.29) is 16.6 Å². The van der Waals surface area contributed by atoms with E-state index >= 15 is 0 Å². The summed E-state index contributed by atoms with van der Waals surface area (Å²) in [4.78, 5) is 14.5. The van der Waals surface area contributed by atoms with Crippen molar-refractivity contribution in [3.05, 3.63) is 71.4 Å². The molecule has 0 aromatic heterocycles. The van der Waals surface area contributed by atoms with Crippen LogP contribution < -0.4 is 9.47 Å². The van der Waals surface area contributed by atoms with Gasteiger partial charge >= 0.3 is 0 Å². The first-order valence-corrected chi connectivity index (χ1v) is 14.8. The van der Waals surface area contributed by atoms with Crippen molar-refractivity contribution in [3.63, 3.8) is 0 Å². The van der Waals surface area contributed by atoms with Crippen molar-refractivity contribution in [2.75, 3.05) is 20.3 Å². The average molecular weight is 561 g/mol. The molecule has 7 nitrogen and oxygen atoms in total. The molecule has 0 saturated carbocycles. The van der Waals surface area contributed by atoms with Gasteiger partial charge in [-0.3, -0.25) is 9.69 Å². The number of benzene rings is 2. The van der Waals surface area contributed by atoms with Crippen molar-refractivity contribution in [2.45, 2.75) is 50.3 Å². The van der Waals surface area contributed by atoms with E-state index in [1.165, 1.54) is 36.7 Å². The fourth-order valence-corrected chi connectivity index (χ4v) is 5.93. The summed E-state index contributed by atoms with van der Waals surface area (Å²) in [6.45, 7) is 6.48. The molecule has 1 aliphatic rings. The van der Waals surface area contributed by atoms with Crippen LogP contribution in [0, 0.1) is 5.82 Å². The molecule has 0 unspecified atom stereocenters. The summed E-state index contributed by atoms with van der Waals surface area (Å²) in [6.07, 6.45) is 10.0. The van der Waals surface area contributed by atoms with E-state index in [0.717, 1.165) is 48.9 Å². The first-order valence-electron chi connectivity index (χ1n) is 12.5. The predicted molar refractivity (Wildman–Crippen MR) is 150 cm³/mol. The number of hydrogen-bond acceptors (Lipinski definition) is 6. The molecular weight excluding hydrogens is 527 g/mol. The third-order valence-electron chi connectivity index (χ3n) is 5.75. The van der Waals surface area contributed by atoms with Crippen LogP contribution in [0.25, 0.3) is 6.08 Å². The Kier molecular flexibility index (Phi) is 11.0. The van der Waals surface area contributed by atoms with Crippen LogP contribution in [0.1, 0.15) is 51.0 Å². The predicted octanol–water partition coefficient (Wildman–Crippen LogP) is 6.42. The smallest absolute Gasteiger partial charge is 0.284 e. The van der Waals surface area contributed by atoms with Crippen molar-refractivity contribution in [1.29, 1.82) is 0 Å². The van der Waals surface area contributed by atoms with Crippen molar-refractivity contribution in [1.82, 2.24) is 4.90 Å². The van der Waals surface area contributed by atoms with Gasteiger partial charge in [-0.2, -0.15) is 8.42 Å². The number of methoxy groups -OCH3 is 1. The second-order valence-corrected chi connectivity index (χ2v) is 11.3. The lowest BCUT2D eigenvalue weighted by molar-refractivity contribution is -0.121. The monoisotopic (exact) mass is 560 g/mol. The molecule has 1 aliphatic heterocycles. The molecule has 38 heavy (non-hydrogen) atoms. The van der Waals surface area contributed by atoms with Gasteiger partial charge in [-0.05, 0) is 66.2 Å². The summed E-state index contributed by atoms with van der Waals surface area (Å²) < 4.78 is 54.1. The van der Waals surface area contributed by atoms with E-state index in [4.69, 9.17) is 9.47 Å². The molecule has 0 aliphatic carbocycles. The van der Waals surface area contributed by atoms with Crippen LogP contribution in [-0.4, -0.2) is 44.7 Å². The van der Waals surface area contributed by atoms with Crippen LogP contribution in [0.5, 0.6) is 11.5 Å². The average Bonchev–Trinajstić information content (AvgIpc) is 3.17. The Hall–Kier alpha value is -3.11. The van der Waals surface area contributed by atoms with Crippen LogP contribution in [0.4, 0.5) is 4.39 Å². The highest BCUT2D eigenvalue weighted by Gasteiger charge is 2.34. The molecule has 2 aromatic rings. The Labute approximate surface area is 228 Å². The van der Waals surface area contributed by atoms with Crippen LogP contribution in [0.15, 0.2) is 69.3 Å². The molecule has 2 aromatic carbocycles. The first-order chi connectivity index (χ1) is 18.3. The summed E-state index contributed by atoms with van der Waals surface area (Å²) in [5.74, 6) is 0.203. The highest BCUT2D eigenvalue weighted by molar-refractivity contribution is 8.19. The summed E-state index contributed by atoms with van der Waals surface area (Å²) in [5.41, 5.74) is 0.695. The lowest BCUT2D eigenvalue weighted by Gasteiger charge is -2.12. The second-order valence-electron chi connectivity index (χ2n) is 8.64. The molecule has 204 valence electrons. The summed E-state index contributed by atoms with van der Waals surface area (Å²) >= 11 is 0.947. The quantitative estimate of drug-likeness (QED) is 0.151. The number of sulfonamides is 1. The molecule has 3 rings (SSSR count). The molecule has 1 heterocycles. The van der Waals surface area contributed by atoms with E-state index in [0.29, 0.717) is 28.6 Å². The number of carbonyl (C=O) groups excluding carboxylic acids is 1. The van der Waals surface area contributed by atoms with Crippen molar-refractivity contribution < 1.29 is 27.1 Å². The van der Waals surface area contributed by atoms with Gasteiger partial charge in [-0.25, -0.2) is 4.39 Å². The number of halogens is 1. The maximum atomic E-state index is 13.2. The number of nitrogens with zero attached hydrogens (tertiary/aromatic N) is 2. The third-order valence-corrected chi connectivity index (χ3v) is 8.15. The molecule has 0 spiro atoms. The molecule has 1 saturated heterocycles. The Bertz CT molecular complexity index is 1290. The van der Waals surface area contributed by atoms with Crippen molar-refractivity contribution in [3.8, 4) is 11.5 Å². The van der Waals surface area contributed by atoms with Gasteiger partial charge in [0, 0.05) is 6.54 Å². The van der Waals surface area contributed by atoms with E-state index in [2.05, 4.69) is 17.9 Å². The molecule has 10 heteroatoms. The standard InChI is InChI=1S/C28H33FN2O5S2/c1-4-6-7-8-9-10-18-36-25-19-21(11-16-24(25)35-3)20-26-27(32)31(17-5-2)28(37-26)30-38(33,34)23-14-12-22(29)13-15-23/h5,11-16,19-20H,2,4,6-10,17-18H2,1,3H3/b26-20-,30-28+. The van der Waals surface area contributed by atoms with Gasteiger partial charge in [-0.15, -0.1) is 11.0 Å². The lowest BCUT2D eigenvalue weighted by atomic mass is 10.1. The highest BCUT2D eigenvalue weighted by atomic mass is 32.2. The number of amidine groups is 1. The van der Waals surface area contributed by atoms with Gasteiger partial charge in [0.15, 0.2) is 16.7 Å². The fraction of sp³-hybridized carbons (Fsp3) is 0.357. The van der Waals surface area contributed by atoms with Gasteiger partial charge in [0.1, 0.15) is 5.82 Å². The second kappa shape index (κ2) is 14.2. The summed E-state index contributed by atoms with van der Waals surface area (Å²) in [6, 6.07) is 9.70. The summed E-state index contributed by atoms with van der Waals surface area (Å²) in [7, 11) is -2.59. The molecule has 1 fully saturated rings. The zero-order valence-corrected chi connectivity index (χ0v) is 23.3. The van der Waals surface area contributed by atoms with Gasteiger partial charge in [0.2, 0.25) is 0 Å². The van der Waals surface area contributed by atoms with Crippen LogP contribution in [0.2, 0.25) is 0 Å². The number of ether oxygens (including phenoxy) is 2. The maximum Gasteiger partial charge on any atom is 0.284 e. The normalized spacial score (nSPS) is 15.9. The minimum absolute atomic E-state index is 0.00136. The minimum atomic E-state index is -4.16. The van der Waals surface area contributed by atoms with Crippen LogP contribution >= 0.6 is 11.8 Å². The Morgan fingerprint density at radius 1 is 1.05 bits per heavy atom. The Morgan fingerprint density at radius 2 is 1.76 bits per heavy atom. The topological polar surface area (TPSA) is 85.3 Å². The van der Waals surface area contributed by atoms with E-state index in [1.54, 1.807) is 31.4 Å². The largest absolute Gasteiger partial charge is 0.493 e. The SMILES string of the molecule is C=CCN1C(=O)/C(=C/c2ccc(OC)c(OCCCCCCCC)c2)S/C1=N/S(=O)(=O)c1ccc(F)cc1. The fourth-order valence-electron chi connectivity index (χ4n) is 3.74. The highest BCUT2D eigenvalue weighted by Crippen LogP contribution is 2.35. The van der Waals surface area contributed by atoms with E-state index < -0.39 is 21.7 Å². The van der Waals surface area contributed by atoms with E-state index in [9.17, 15) is 17.6 Å². The van der Waals surface area contributed by atoms with E-state index in [1.807, 2.05) is 0 Å². The molecular formula is C28H33FN2O5S2. The zero-order valence-electron chi connectivity index (χ0n) is 21.7. The number of amides is 1. The maximum absolute atomic E-state index is 13.2. The lowest BCUT2D eigenvalue weighted by Crippen LogP contribution is -2.29. The van der Waals surface area contributed by atoms with Gasteiger partial charge < -0.3 is 9.47 Å².